The van der Waals surface area contributed by atoms with E-state index in [1.54, 1.807) is 25.1 Å². The highest BCUT2D eigenvalue weighted by Gasteiger charge is 2.17. The largest absolute Gasteiger partial charge is 0.382 e. The van der Waals surface area contributed by atoms with E-state index in [0.717, 1.165) is 0 Å². The Morgan fingerprint density at radius 2 is 2.28 bits per heavy atom. The zero-order valence-corrected chi connectivity index (χ0v) is 11.8. The molecule has 0 aliphatic heterocycles. The van der Waals surface area contributed by atoms with E-state index in [2.05, 4.69) is 31.4 Å². The lowest BCUT2D eigenvalue weighted by atomic mass is 10.2. The van der Waals surface area contributed by atoms with E-state index in [0.29, 0.717) is 26.4 Å². The summed E-state index contributed by atoms with van der Waals surface area (Å²) in [6.45, 7) is 1.73. The van der Waals surface area contributed by atoms with Crippen LogP contribution in [0, 0.1) is 6.92 Å². The van der Waals surface area contributed by atoms with Crippen LogP contribution in [0.3, 0.4) is 0 Å². The summed E-state index contributed by atoms with van der Waals surface area (Å²) in [6, 6.07) is 5.20. The fourth-order valence-electron chi connectivity index (χ4n) is 1.52. The van der Waals surface area contributed by atoms with Crippen LogP contribution in [0.4, 0.5) is 11.5 Å². The fraction of sp³-hybridized carbons (Fsp3) is 0.0909. The standard InChI is InChI=1S/C11H10BrClN4O/c1-5-8(10(14)17-16-5)11(18)15-7-4-2-3-6(13)9(7)12/h2-4H,1H3,(H,15,18)(H3,14,16,17). The van der Waals surface area contributed by atoms with Gasteiger partial charge in [-0.05, 0) is 35.0 Å². The first-order valence-corrected chi connectivity index (χ1v) is 6.23. The number of aromatic amines is 1. The number of rotatable bonds is 2. The van der Waals surface area contributed by atoms with Crippen molar-refractivity contribution in [2.45, 2.75) is 6.92 Å². The first kappa shape index (κ1) is 12.9. The number of aryl methyl sites for hydroxylation is 1. The smallest absolute Gasteiger partial charge is 0.261 e. The maximum Gasteiger partial charge on any atom is 0.261 e. The number of carbonyl (C=O) groups excluding carboxylic acids is 1. The summed E-state index contributed by atoms with van der Waals surface area (Å²) >= 11 is 9.25. The third-order valence-electron chi connectivity index (χ3n) is 2.40. The molecule has 1 aromatic heterocycles. The molecule has 1 heterocycles. The van der Waals surface area contributed by atoms with Crippen LogP contribution < -0.4 is 11.1 Å². The number of H-pyrrole nitrogens is 1. The van der Waals surface area contributed by atoms with E-state index >= 15 is 0 Å². The molecule has 0 spiro atoms. The van der Waals surface area contributed by atoms with Gasteiger partial charge in [-0.15, -0.1) is 0 Å². The van der Waals surface area contributed by atoms with Crippen molar-refractivity contribution >= 4 is 44.9 Å². The number of benzene rings is 1. The molecule has 1 amide bonds. The fourth-order valence-corrected chi connectivity index (χ4v) is 2.06. The van der Waals surface area contributed by atoms with Gasteiger partial charge in [-0.25, -0.2) is 0 Å². The minimum atomic E-state index is -0.332. The lowest BCUT2D eigenvalue weighted by Gasteiger charge is -2.08. The number of hydrogen-bond acceptors (Lipinski definition) is 3. The Kier molecular flexibility index (Phi) is 3.58. The Morgan fingerprint density at radius 3 is 2.89 bits per heavy atom. The van der Waals surface area contributed by atoms with E-state index in [4.69, 9.17) is 17.3 Å². The van der Waals surface area contributed by atoms with E-state index < -0.39 is 0 Å². The molecule has 4 N–H and O–H groups in total. The molecule has 0 fully saturated rings. The second kappa shape index (κ2) is 4.99. The number of aromatic nitrogens is 2. The molecule has 0 unspecified atom stereocenters. The average Bonchev–Trinajstić information content (AvgIpc) is 2.65. The molecule has 2 rings (SSSR count). The van der Waals surface area contributed by atoms with Crippen molar-refractivity contribution in [1.82, 2.24) is 10.2 Å². The molecule has 5 nitrogen and oxygen atoms in total. The third kappa shape index (κ3) is 2.34. The monoisotopic (exact) mass is 328 g/mol. The van der Waals surface area contributed by atoms with Gasteiger partial charge >= 0.3 is 0 Å². The summed E-state index contributed by atoms with van der Waals surface area (Å²) in [7, 11) is 0. The second-order valence-corrected chi connectivity index (χ2v) is 4.86. The highest BCUT2D eigenvalue weighted by Crippen LogP contribution is 2.30. The Bertz CT molecular complexity index is 592. The Hall–Kier alpha value is -1.53. The number of nitrogen functional groups attached to an aromatic ring is 1. The highest BCUT2D eigenvalue weighted by atomic mass is 79.9. The number of hydrogen-bond donors (Lipinski definition) is 3. The number of nitrogens with one attached hydrogen (secondary N) is 2. The molecule has 0 saturated heterocycles. The van der Waals surface area contributed by atoms with Crippen molar-refractivity contribution in [3.05, 3.63) is 39.0 Å². The van der Waals surface area contributed by atoms with Crippen LogP contribution in [0.5, 0.6) is 0 Å². The summed E-state index contributed by atoms with van der Waals surface area (Å²) in [4.78, 5) is 12.1. The molecule has 0 aliphatic rings. The summed E-state index contributed by atoms with van der Waals surface area (Å²) < 4.78 is 0.625. The van der Waals surface area contributed by atoms with Crippen molar-refractivity contribution in [1.29, 1.82) is 0 Å². The Labute approximate surface area is 117 Å². The number of halogens is 2. The highest BCUT2D eigenvalue weighted by molar-refractivity contribution is 9.10. The quantitative estimate of drug-likeness (QED) is 0.792. The van der Waals surface area contributed by atoms with E-state index in [-0.39, 0.29) is 11.7 Å². The number of amides is 1. The van der Waals surface area contributed by atoms with Crippen LogP contribution in [0.25, 0.3) is 0 Å². The molecule has 18 heavy (non-hydrogen) atoms. The van der Waals surface area contributed by atoms with Gasteiger partial charge in [-0.2, -0.15) is 5.10 Å². The molecule has 0 aliphatic carbocycles. The topological polar surface area (TPSA) is 83.8 Å². The second-order valence-electron chi connectivity index (χ2n) is 3.66. The predicted octanol–water partition coefficient (Wildman–Crippen LogP) is 2.97. The van der Waals surface area contributed by atoms with Crippen LogP contribution in [0.2, 0.25) is 5.02 Å². The lowest BCUT2D eigenvalue weighted by Crippen LogP contribution is -2.14. The van der Waals surface area contributed by atoms with Gasteiger partial charge in [0, 0.05) is 5.69 Å². The summed E-state index contributed by atoms with van der Waals surface area (Å²) in [5.74, 6) is -0.162. The molecule has 0 bridgehead atoms. The van der Waals surface area contributed by atoms with Crippen molar-refractivity contribution in [2.75, 3.05) is 11.1 Å². The molecule has 1 aromatic carbocycles. The van der Waals surface area contributed by atoms with Gasteiger partial charge in [0.25, 0.3) is 5.91 Å². The van der Waals surface area contributed by atoms with Gasteiger partial charge < -0.3 is 11.1 Å². The Balaban J connectivity index is 2.30. The molecule has 2 aromatic rings. The van der Waals surface area contributed by atoms with Crippen LogP contribution in [0.15, 0.2) is 22.7 Å². The van der Waals surface area contributed by atoms with Gasteiger partial charge in [0.1, 0.15) is 5.56 Å². The normalized spacial score (nSPS) is 10.4. The van der Waals surface area contributed by atoms with E-state index in [9.17, 15) is 4.79 Å². The minimum Gasteiger partial charge on any atom is -0.382 e. The van der Waals surface area contributed by atoms with Gasteiger partial charge in [-0.1, -0.05) is 17.7 Å². The van der Waals surface area contributed by atoms with Gasteiger partial charge in [0.15, 0.2) is 5.82 Å². The zero-order chi connectivity index (χ0) is 13.3. The van der Waals surface area contributed by atoms with Crippen molar-refractivity contribution in [3.63, 3.8) is 0 Å². The molecule has 0 radical (unpaired) electrons. The molecule has 7 heteroatoms. The van der Waals surface area contributed by atoms with E-state index in [1.807, 2.05) is 0 Å². The first-order chi connectivity index (χ1) is 8.50. The van der Waals surface area contributed by atoms with Crippen LogP contribution in [-0.2, 0) is 0 Å². The van der Waals surface area contributed by atoms with Crippen molar-refractivity contribution < 1.29 is 4.79 Å². The average molecular weight is 330 g/mol. The van der Waals surface area contributed by atoms with Gasteiger partial charge in [0.2, 0.25) is 0 Å². The summed E-state index contributed by atoms with van der Waals surface area (Å²) in [5, 5.41) is 9.67. The van der Waals surface area contributed by atoms with Gasteiger partial charge in [0.05, 0.1) is 15.2 Å². The van der Waals surface area contributed by atoms with Crippen molar-refractivity contribution in [2.24, 2.45) is 0 Å². The molecule has 0 atom stereocenters. The number of nitrogens with zero attached hydrogens (tertiary/aromatic N) is 1. The van der Waals surface area contributed by atoms with E-state index in [1.165, 1.54) is 0 Å². The van der Waals surface area contributed by atoms with Gasteiger partial charge in [-0.3, -0.25) is 9.89 Å². The minimum absolute atomic E-state index is 0.170. The van der Waals surface area contributed by atoms with Crippen molar-refractivity contribution in [3.8, 4) is 0 Å². The molecular weight excluding hydrogens is 320 g/mol. The lowest BCUT2D eigenvalue weighted by molar-refractivity contribution is 0.102. The number of carbonyl (C=O) groups is 1. The van der Waals surface area contributed by atoms with Crippen LogP contribution >= 0.6 is 27.5 Å². The molecule has 0 saturated carbocycles. The molecular formula is C11H10BrClN4O. The maximum absolute atomic E-state index is 12.1. The predicted molar refractivity (Wildman–Crippen MR) is 74.8 cm³/mol. The molecule has 94 valence electrons. The Morgan fingerprint density at radius 1 is 1.56 bits per heavy atom. The first-order valence-electron chi connectivity index (χ1n) is 5.06. The number of anilines is 2. The summed E-state index contributed by atoms with van der Waals surface area (Å²) in [6.07, 6.45) is 0. The third-order valence-corrected chi connectivity index (χ3v) is 3.80. The SMILES string of the molecule is Cc1[nH]nc(N)c1C(=O)Nc1cccc(Cl)c1Br. The number of nitrogens with two attached hydrogens (primary N) is 1. The maximum atomic E-state index is 12.1. The zero-order valence-electron chi connectivity index (χ0n) is 9.42. The van der Waals surface area contributed by atoms with Crippen LogP contribution in [-0.4, -0.2) is 16.1 Å². The summed E-state index contributed by atoms with van der Waals surface area (Å²) in [5.41, 5.74) is 7.15. The van der Waals surface area contributed by atoms with Crippen LogP contribution in [0.1, 0.15) is 16.1 Å².